The van der Waals surface area contributed by atoms with E-state index in [4.69, 9.17) is 74.5 Å². The average molecular weight is 1990 g/mol. The molecule has 0 saturated heterocycles. The predicted octanol–water partition coefficient (Wildman–Crippen LogP) is 18.7. The van der Waals surface area contributed by atoms with E-state index in [0.29, 0.717) is 85.9 Å². The first-order valence-corrected chi connectivity index (χ1v) is 51.2. The monoisotopic (exact) mass is 1990 g/mol. The number of amides is 4. The van der Waals surface area contributed by atoms with Crippen LogP contribution >= 0.6 is 57.8 Å². The Bertz CT molecular complexity index is 5250. The first kappa shape index (κ1) is 112. The van der Waals surface area contributed by atoms with E-state index < -0.39 is 43.6 Å². The number of nitrogens with zero attached hydrogens (tertiary/aromatic N) is 13. The fraction of sp³-hybridized carbons (Fsp3) is 0.526. The van der Waals surface area contributed by atoms with Gasteiger partial charge in [-0.1, -0.05) is 206 Å². The molecule has 6 fully saturated rings. The lowest BCUT2D eigenvalue weighted by Gasteiger charge is -2.40. The van der Waals surface area contributed by atoms with Gasteiger partial charge in [-0.05, 0) is 173 Å². The molecule has 41 heteroatoms. The predicted molar refractivity (Wildman–Crippen MR) is 518 cm³/mol. The summed E-state index contributed by atoms with van der Waals surface area (Å²) in [6, 6.07) is 33.3. The van der Waals surface area contributed by atoms with Crippen LogP contribution in [-0.2, 0) is 48.0 Å². The number of nitrogens with two attached hydrogens (primary N) is 1. The molecular formula is C95H127ClN16O19S4Si. The Morgan fingerprint density at radius 1 is 0.551 bits per heavy atom. The second kappa shape index (κ2) is 54.3. The van der Waals surface area contributed by atoms with Crippen molar-refractivity contribution in [1.29, 1.82) is 0 Å². The first-order valence-electron chi connectivity index (χ1n) is 45.1. The third-order valence-electron chi connectivity index (χ3n) is 22.8. The highest BCUT2D eigenvalue weighted by molar-refractivity contribution is 7.13. The van der Waals surface area contributed by atoms with Crippen molar-refractivity contribution in [2.24, 2.45) is 41.2 Å². The maximum absolute atomic E-state index is 12.6. The molecule has 8 N–H and O–H groups in total. The van der Waals surface area contributed by atoms with Gasteiger partial charge in [0.15, 0.2) is 42.7 Å². The molecule has 136 heavy (non-hydrogen) atoms. The van der Waals surface area contributed by atoms with E-state index in [0.717, 1.165) is 131 Å². The van der Waals surface area contributed by atoms with Gasteiger partial charge in [-0.3, -0.25) is 9.59 Å². The Morgan fingerprint density at radius 3 is 1.21 bits per heavy atom. The van der Waals surface area contributed by atoms with Gasteiger partial charge < -0.3 is 73.8 Å². The molecule has 10 aromatic rings. The van der Waals surface area contributed by atoms with E-state index in [-0.39, 0.29) is 103 Å². The van der Waals surface area contributed by atoms with Crippen molar-refractivity contribution in [3.63, 3.8) is 0 Å². The van der Waals surface area contributed by atoms with Crippen LogP contribution in [-0.4, -0.2) is 189 Å². The summed E-state index contributed by atoms with van der Waals surface area (Å²) in [5.74, 6) is 4.47. The van der Waals surface area contributed by atoms with Crippen LogP contribution in [0.3, 0.4) is 0 Å². The molecule has 4 amide bonds. The van der Waals surface area contributed by atoms with Crippen LogP contribution in [0.15, 0.2) is 135 Å². The summed E-state index contributed by atoms with van der Waals surface area (Å²) in [6.07, 6.45) is 11.1. The van der Waals surface area contributed by atoms with Crippen molar-refractivity contribution in [3.05, 3.63) is 190 Å². The van der Waals surface area contributed by atoms with Crippen LogP contribution in [0, 0.1) is 42.1 Å². The fourth-order valence-electron chi connectivity index (χ4n) is 14.2. The van der Waals surface area contributed by atoms with E-state index in [9.17, 15) is 28.8 Å². The van der Waals surface area contributed by atoms with E-state index in [1.807, 2.05) is 105 Å². The van der Waals surface area contributed by atoms with Gasteiger partial charge >= 0.3 is 30.3 Å². The number of carboxylic acids is 1. The maximum Gasteiger partial charge on any atom is 0.419 e. The number of aromatic carboxylic acids is 1. The quantitative estimate of drug-likeness (QED) is 0.00918. The molecule has 6 aliphatic rings. The van der Waals surface area contributed by atoms with Gasteiger partial charge in [0.05, 0.1) is 26.4 Å². The molecule has 35 nitrogen and oxygen atoms in total. The van der Waals surface area contributed by atoms with Crippen molar-refractivity contribution < 1.29 is 91.0 Å². The molecule has 7 aromatic heterocycles. The van der Waals surface area contributed by atoms with Crippen molar-refractivity contribution in [2.75, 3.05) is 39.4 Å². The SMILES string of the molecule is CC.CC1CC(CO[Si](C)(C)C(C)(C)C)C1.CCOC(=O)c1nnc(C2CC(CN(C(=O)OC(C)(C)C)C(=O)OC(C)(C)C)C2)s1.Cl.NCC1CC(c2nnc(CO)s2)C1.O=C(NCC1CC(c2nnc(CO)s2)C1)c1cc(-c2ccccc2)on1.O=C(NCC1CC(c2nnc(CO)s2)C1)c1cc(-c2ccccc2)on1.O=C(O)c1cc(-c2ccccc2)on1.O=C=O.[C-]#[N+]C1CC(=C)C1. The highest BCUT2D eigenvalue weighted by atomic mass is 35.5. The average Bonchev–Trinajstić information content (AvgIpc) is 1.48. The zero-order valence-electron chi connectivity index (χ0n) is 79.6. The van der Waals surface area contributed by atoms with Gasteiger partial charge in [0.2, 0.25) is 11.0 Å². The number of carbonyl (C=O) groups excluding carboxylic acids is 7. The second-order valence-electron chi connectivity index (χ2n) is 36.8. The van der Waals surface area contributed by atoms with Crippen LogP contribution in [0.2, 0.25) is 18.1 Å². The van der Waals surface area contributed by atoms with Crippen molar-refractivity contribution in [2.45, 2.75) is 246 Å². The summed E-state index contributed by atoms with van der Waals surface area (Å²) in [4.78, 5) is 92.5. The standard InChI is InChI=1S/C20H31N3O6S.2C18H18N4O3S.C12H26OSi.C10H7NO3.C8H13N3OS.C6H7N.C2H6.CO2.ClH/c1-8-27-16(24)15-22-21-14(30-15)13-9-12(10-13)11-23(17(25)28-19(2,3)4)18(26)29-20(5,6)7;2*23-10-16-20-21-18(26-16)13-6-11(7-13)9-19-17(24)14-8-15(25-22-14)12-4-2-1-3-5-12;1-10-7-11(8-10)9-13-14(5,6)12(2,3)4;12-10(13)8-6-9(14-11-8)7-4-2-1-3-5-7;9-3-5-1-6(2-5)8-11-10-7(4-12)13-8;1-5-3-6(4-5)7-2;1-2;2-1-3;/h12-13H,8-11H2,1-7H3;2*1-5,8,11,13,23H,6-7,9-10H2,(H,19,24);10-11H,7-9H2,1-6H3;1-6H,(H,12,13);5-6,12H,1-4,9H2;6H,1,3-4H2;1-2H3;;1H. The first-order chi connectivity index (χ1) is 64.3. The second-order valence-corrected chi connectivity index (χ2v) is 45.9. The molecule has 7 heterocycles. The third-order valence-corrected chi connectivity index (χ3v) is 31.5. The lowest BCUT2D eigenvalue weighted by Crippen LogP contribution is -2.47. The Hall–Kier alpha value is -10.9. The summed E-state index contributed by atoms with van der Waals surface area (Å²) in [5, 5.41) is 90.9. The molecule has 0 aliphatic heterocycles. The summed E-state index contributed by atoms with van der Waals surface area (Å²) >= 11 is 5.65. The largest absolute Gasteiger partial charge is 0.476 e. The van der Waals surface area contributed by atoms with Crippen molar-refractivity contribution in [1.82, 2.24) is 71.8 Å². The summed E-state index contributed by atoms with van der Waals surface area (Å²) in [6.45, 7) is 43.8. The number of nitrogens with one attached hydrogen (secondary N) is 2. The molecule has 3 aromatic carbocycles. The number of carbonyl (C=O) groups is 6. The summed E-state index contributed by atoms with van der Waals surface area (Å²) < 4.78 is 37.3. The number of aromatic nitrogens is 11. The molecule has 0 atom stereocenters. The lowest BCUT2D eigenvalue weighted by atomic mass is 9.75. The van der Waals surface area contributed by atoms with E-state index in [1.165, 1.54) is 69.8 Å². The topological polar surface area (TPSA) is 493 Å². The number of carboxylic acid groups (broad SMARTS) is 1. The molecular weight excluding hydrogens is 1860 g/mol. The van der Waals surface area contributed by atoms with Gasteiger partial charge in [0.25, 0.3) is 11.8 Å². The zero-order valence-corrected chi connectivity index (χ0v) is 84.7. The minimum absolute atomic E-state index is 0. The molecule has 0 bridgehead atoms. The van der Waals surface area contributed by atoms with Crippen LogP contribution in [0.4, 0.5) is 9.59 Å². The number of aliphatic hydroxyl groups is 3. The number of aliphatic hydroxyl groups excluding tert-OH is 3. The number of halogens is 1. The minimum atomic E-state index is -1.47. The number of esters is 1. The van der Waals surface area contributed by atoms with Crippen molar-refractivity contribution >= 4 is 108 Å². The van der Waals surface area contributed by atoms with Gasteiger partial charge in [-0.15, -0.1) is 53.2 Å². The molecule has 0 spiro atoms. The Balaban J connectivity index is 0.000000222. The summed E-state index contributed by atoms with van der Waals surface area (Å²) in [7, 11) is -1.47. The van der Waals surface area contributed by atoms with Crippen LogP contribution < -0.4 is 16.4 Å². The van der Waals surface area contributed by atoms with Crippen LogP contribution in [0.5, 0.6) is 0 Å². The number of hydrogen-bond acceptors (Lipinski definition) is 34. The van der Waals surface area contributed by atoms with E-state index in [2.05, 4.69) is 119 Å². The Kier molecular flexibility index (Phi) is 44.7. The van der Waals surface area contributed by atoms with Crippen LogP contribution in [0.25, 0.3) is 38.8 Å². The molecule has 6 aliphatic carbocycles. The number of ether oxygens (including phenoxy) is 3. The van der Waals surface area contributed by atoms with E-state index >= 15 is 0 Å². The van der Waals surface area contributed by atoms with Gasteiger partial charge in [0.1, 0.15) is 46.3 Å². The van der Waals surface area contributed by atoms with Gasteiger partial charge in [-0.2, -0.15) is 9.59 Å². The fourth-order valence-corrected chi connectivity index (χ4v) is 18.6. The highest BCUT2D eigenvalue weighted by Crippen LogP contribution is 2.47. The third kappa shape index (κ3) is 35.3. The Labute approximate surface area is 816 Å². The number of rotatable bonds is 25. The number of benzene rings is 3. The maximum atomic E-state index is 12.6. The molecule has 736 valence electrons. The van der Waals surface area contributed by atoms with Crippen molar-refractivity contribution in [3.8, 4) is 34.0 Å². The summed E-state index contributed by atoms with van der Waals surface area (Å²) in [5.41, 5.74) is 8.40. The molecule has 16 rings (SSSR count). The zero-order chi connectivity index (χ0) is 98.7. The molecule has 0 radical (unpaired) electrons. The Morgan fingerprint density at radius 2 is 0.904 bits per heavy atom. The van der Waals surface area contributed by atoms with Gasteiger partial charge in [0, 0.05) is 97.6 Å². The number of hydrogen-bond donors (Lipinski definition) is 7. The molecule has 6 saturated carbocycles. The normalized spacial score (nSPS) is 19.2. The lowest BCUT2D eigenvalue weighted by molar-refractivity contribution is -0.191. The van der Waals surface area contributed by atoms with E-state index in [1.54, 1.807) is 60.6 Å². The molecule has 0 unspecified atom stereocenters. The number of imide groups is 1. The van der Waals surface area contributed by atoms with Crippen LogP contribution in [0.1, 0.15) is 267 Å². The minimum Gasteiger partial charge on any atom is -0.476 e. The smallest absolute Gasteiger partial charge is 0.419 e. The van der Waals surface area contributed by atoms with Gasteiger partial charge in [-0.25, -0.2) is 30.7 Å². The highest BCUT2D eigenvalue weighted by Gasteiger charge is 2.42.